The Morgan fingerprint density at radius 3 is 2.56 bits per heavy atom. The summed E-state index contributed by atoms with van der Waals surface area (Å²) in [6.45, 7) is 5.86. The summed E-state index contributed by atoms with van der Waals surface area (Å²) in [4.78, 5) is 4.33. The average Bonchev–Trinajstić information content (AvgIpc) is 3.33. The number of aromatic nitrogens is 2. The maximum absolute atomic E-state index is 4.46. The third-order valence-electron chi connectivity index (χ3n) is 5.00. The van der Waals surface area contributed by atoms with Crippen LogP contribution in [0.1, 0.15) is 34.9 Å². The molecule has 1 aromatic carbocycles. The Balaban J connectivity index is 0.00000225. The maximum Gasteiger partial charge on any atom is 0.191 e. The topological polar surface area (TPSA) is 54.2 Å². The third kappa shape index (κ3) is 4.74. The van der Waals surface area contributed by atoms with Crippen LogP contribution in [-0.2, 0) is 13.6 Å². The number of aliphatic imine (C=N–C) groups is 1. The second kappa shape index (κ2) is 8.69. The Morgan fingerprint density at radius 1 is 1.24 bits per heavy atom. The molecule has 2 N–H and O–H groups in total. The first kappa shape index (κ1) is 19.8. The quantitative estimate of drug-likeness (QED) is 0.416. The molecule has 1 aliphatic carbocycles. The molecular weight excluding hydrogens is 425 g/mol. The molecule has 0 radical (unpaired) electrons. The summed E-state index contributed by atoms with van der Waals surface area (Å²) in [7, 11) is 3.80. The van der Waals surface area contributed by atoms with Gasteiger partial charge >= 0.3 is 0 Å². The summed E-state index contributed by atoms with van der Waals surface area (Å²) in [5.74, 6) is 2.25. The number of nitrogens with zero attached hydrogens (tertiary/aromatic N) is 3. The van der Waals surface area contributed by atoms with Gasteiger partial charge in [0.2, 0.25) is 0 Å². The molecule has 2 atom stereocenters. The first-order valence-corrected chi connectivity index (χ1v) is 8.58. The Morgan fingerprint density at radius 2 is 1.96 bits per heavy atom. The molecule has 1 fully saturated rings. The lowest BCUT2D eigenvalue weighted by molar-refractivity contribution is 0.715. The van der Waals surface area contributed by atoms with Crippen molar-refractivity contribution < 1.29 is 0 Å². The predicted octanol–water partition coefficient (Wildman–Crippen LogP) is 3.12. The van der Waals surface area contributed by atoms with Crippen molar-refractivity contribution in [3.05, 3.63) is 52.8 Å². The van der Waals surface area contributed by atoms with Crippen LogP contribution in [-0.4, -0.2) is 29.3 Å². The number of hydrogen-bond acceptors (Lipinski definition) is 2. The lowest BCUT2D eigenvalue weighted by Crippen LogP contribution is -2.38. The zero-order valence-electron chi connectivity index (χ0n) is 15.4. The van der Waals surface area contributed by atoms with E-state index in [1.54, 1.807) is 0 Å². The van der Waals surface area contributed by atoms with Crippen molar-refractivity contribution in [2.75, 3.05) is 13.6 Å². The number of guanidine groups is 1. The normalized spacial score (nSPS) is 19.3. The molecule has 0 saturated heterocycles. The van der Waals surface area contributed by atoms with E-state index in [1.807, 2.05) is 18.8 Å². The Bertz CT molecular complexity index is 723. The first-order chi connectivity index (χ1) is 11.6. The zero-order valence-corrected chi connectivity index (χ0v) is 17.7. The molecule has 5 nitrogen and oxygen atoms in total. The molecule has 1 saturated carbocycles. The molecule has 2 unspecified atom stereocenters. The van der Waals surface area contributed by atoms with Gasteiger partial charge in [0.15, 0.2) is 5.96 Å². The maximum atomic E-state index is 4.46. The first-order valence-electron chi connectivity index (χ1n) is 8.58. The van der Waals surface area contributed by atoms with Crippen molar-refractivity contribution >= 4 is 29.9 Å². The summed E-state index contributed by atoms with van der Waals surface area (Å²) >= 11 is 0. The number of hydrogen-bond donors (Lipinski definition) is 2. The summed E-state index contributed by atoms with van der Waals surface area (Å²) in [5.41, 5.74) is 4.97. The van der Waals surface area contributed by atoms with Crippen molar-refractivity contribution in [2.45, 2.75) is 32.7 Å². The highest BCUT2D eigenvalue weighted by atomic mass is 127. The number of benzene rings is 1. The monoisotopic (exact) mass is 453 g/mol. The van der Waals surface area contributed by atoms with E-state index in [1.165, 1.54) is 23.2 Å². The van der Waals surface area contributed by atoms with Crippen LogP contribution >= 0.6 is 24.0 Å². The highest BCUT2D eigenvalue weighted by Gasteiger charge is 2.37. The fourth-order valence-electron chi connectivity index (χ4n) is 3.28. The average molecular weight is 453 g/mol. The van der Waals surface area contributed by atoms with Crippen molar-refractivity contribution in [3.8, 4) is 0 Å². The summed E-state index contributed by atoms with van der Waals surface area (Å²) < 4.78 is 1.93. The van der Waals surface area contributed by atoms with Crippen molar-refractivity contribution in [3.63, 3.8) is 0 Å². The van der Waals surface area contributed by atoms with Gasteiger partial charge in [-0.15, -0.1) is 24.0 Å². The van der Waals surface area contributed by atoms with E-state index in [0.29, 0.717) is 11.8 Å². The standard InChI is InChI=1S/C19H27N5.HI/c1-13-18(14(2)24(4)23-13)12-22-19(20-3)21-11-16-10-17(16)15-8-6-5-7-9-15;/h5-9,16-17H,10-12H2,1-4H3,(H2,20,21,22);1H. The highest BCUT2D eigenvalue weighted by Crippen LogP contribution is 2.46. The van der Waals surface area contributed by atoms with Gasteiger partial charge in [0, 0.05) is 38.4 Å². The predicted molar refractivity (Wildman–Crippen MR) is 114 cm³/mol. The lowest BCUT2D eigenvalue weighted by atomic mass is 10.1. The van der Waals surface area contributed by atoms with Crippen molar-refractivity contribution in [2.24, 2.45) is 18.0 Å². The Hall–Kier alpha value is -1.57. The van der Waals surface area contributed by atoms with Crippen LogP contribution in [0.2, 0.25) is 0 Å². The Labute approximate surface area is 167 Å². The van der Waals surface area contributed by atoms with Gasteiger partial charge in [0.25, 0.3) is 0 Å². The Kier molecular flexibility index (Phi) is 6.87. The second-order valence-electron chi connectivity index (χ2n) is 6.59. The van der Waals surface area contributed by atoms with Gasteiger partial charge in [0.1, 0.15) is 0 Å². The smallest absolute Gasteiger partial charge is 0.191 e. The minimum atomic E-state index is 0. The van der Waals surface area contributed by atoms with E-state index in [2.05, 4.69) is 64.9 Å². The summed E-state index contributed by atoms with van der Waals surface area (Å²) in [5, 5.41) is 11.3. The zero-order chi connectivity index (χ0) is 17.1. The molecule has 3 rings (SSSR count). The van der Waals surface area contributed by atoms with Crippen LogP contribution in [0.4, 0.5) is 0 Å². The van der Waals surface area contributed by atoms with Crippen LogP contribution in [0, 0.1) is 19.8 Å². The van der Waals surface area contributed by atoms with Gasteiger partial charge in [-0.25, -0.2) is 0 Å². The van der Waals surface area contributed by atoms with E-state index in [4.69, 9.17) is 0 Å². The number of aryl methyl sites for hydroxylation is 2. The molecule has 6 heteroatoms. The van der Waals surface area contributed by atoms with Gasteiger partial charge in [-0.1, -0.05) is 30.3 Å². The van der Waals surface area contributed by atoms with E-state index in [9.17, 15) is 0 Å². The molecule has 25 heavy (non-hydrogen) atoms. The van der Waals surface area contributed by atoms with E-state index in [0.717, 1.165) is 24.7 Å². The molecule has 0 amide bonds. The highest BCUT2D eigenvalue weighted by molar-refractivity contribution is 14.0. The van der Waals surface area contributed by atoms with Crippen LogP contribution in [0.15, 0.2) is 35.3 Å². The molecule has 136 valence electrons. The molecule has 1 heterocycles. The molecule has 0 bridgehead atoms. The van der Waals surface area contributed by atoms with Crippen molar-refractivity contribution in [1.29, 1.82) is 0 Å². The van der Waals surface area contributed by atoms with Gasteiger partial charge in [-0.3, -0.25) is 9.67 Å². The van der Waals surface area contributed by atoms with Gasteiger partial charge in [0.05, 0.1) is 5.69 Å². The number of nitrogens with one attached hydrogen (secondary N) is 2. The number of rotatable bonds is 5. The van der Waals surface area contributed by atoms with Crippen LogP contribution < -0.4 is 10.6 Å². The lowest BCUT2D eigenvalue weighted by Gasteiger charge is -2.12. The fraction of sp³-hybridized carbons (Fsp3) is 0.474. The molecule has 0 aliphatic heterocycles. The largest absolute Gasteiger partial charge is 0.356 e. The minimum absolute atomic E-state index is 0. The van der Waals surface area contributed by atoms with Crippen LogP contribution in [0.5, 0.6) is 0 Å². The van der Waals surface area contributed by atoms with Crippen molar-refractivity contribution in [1.82, 2.24) is 20.4 Å². The van der Waals surface area contributed by atoms with Crippen LogP contribution in [0.25, 0.3) is 0 Å². The molecule has 0 spiro atoms. The van der Waals surface area contributed by atoms with E-state index < -0.39 is 0 Å². The van der Waals surface area contributed by atoms with Gasteiger partial charge in [-0.05, 0) is 37.7 Å². The molecular formula is C19H28IN5. The number of halogens is 1. The summed E-state index contributed by atoms with van der Waals surface area (Å²) in [6.07, 6.45) is 1.26. The second-order valence-corrected chi connectivity index (χ2v) is 6.59. The van der Waals surface area contributed by atoms with E-state index >= 15 is 0 Å². The van der Waals surface area contributed by atoms with E-state index in [-0.39, 0.29) is 24.0 Å². The SMILES string of the molecule is CN=C(NCc1c(C)nn(C)c1C)NCC1CC1c1ccccc1.I. The van der Waals surface area contributed by atoms with Crippen LogP contribution in [0.3, 0.4) is 0 Å². The van der Waals surface area contributed by atoms with Gasteiger partial charge < -0.3 is 10.6 Å². The molecule has 1 aromatic heterocycles. The minimum Gasteiger partial charge on any atom is -0.356 e. The molecule has 1 aliphatic rings. The third-order valence-corrected chi connectivity index (χ3v) is 5.00. The summed E-state index contributed by atoms with van der Waals surface area (Å²) in [6, 6.07) is 10.8. The fourth-order valence-corrected chi connectivity index (χ4v) is 3.28. The molecule has 2 aromatic rings. The van der Waals surface area contributed by atoms with Gasteiger partial charge in [-0.2, -0.15) is 5.10 Å².